The summed E-state index contributed by atoms with van der Waals surface area (Å²) < 4.78 is 79.1. The van der Waals surface area contributed by atoms with E-state index in [1.807, 2.05) is 13.0 Å². The number of hydrogen-bond acceptors (Lipinski definition) is 3. The third kappa shape index (κ3) is 4.29. The van der Waals surface area contributed by atoms with Crippen LogP contribution in [0.3, 0.4) is 0 Å². The lowest BCUT2D eigenvalue weighted by Crippen LogP contribution is -2.16. The molecule has 11 heteroatoms. The highest BCUT2D eigenvalue weighted by Crippen LogP contribution is 2.35. The van der Waals surface area contributed by atoms with Gasteiger partial charge in [-0.2, -0.15) is 36.5 Å². The first kappa shape index (κ1) is 19.8. The Morgan fingerprint density at radius 3 is 2.25 bits per heavy atom. The predicted molar refractivity (Wildman–Crippen MR) is 88.3 cm³/mol. The standard InChI is InChI=1S/C17H15F6N5/c1-10-6-11(2-3-13(10)24)8-27-5-4-12(25-27)9-28-15(17(21,22)23)7-14(26-28)16(18,19)20/h2-7H,8-9,24H2,1H3. The van der Waals surface area contributed by atoms with Crippen molar-refractivity contribution < 1.29 is 26.3 Å². The van der Waals surface area contributed by atoms with Crippen LogP contribution >= 0.6 is 0 Å². The highest BCUT2D eigenvalue weighted by atomic mass is 19.4. The zero-order valence-corrected chi connectivity index (χ0v) is 14.5. The van der Waals surface area contributed by atoms with Crippen LogP contribution in [-0.2, 0) is 25.4 Å². The van der Waals surface area contributed by atoms with Gasteiger partial charge >= 0.3 is 12.4 Å². The van der Waals surface area contributed by atoms with Crippen molar-refractivity contribution >= 4 is 5.69 Å². The number of aromatic nitrogens is 4. The van der Waals surface area contributed by atoms with Crippen LogP contribution < -0.4 is 5.73 Å². The summed E-state index contributed by atoms with van der Waals surface area (Å²) in [6, 6.07) is 6.79. The molecule has 0 unspecified atom stereocenters. The fourth-order valence-corrected chi connectivity index (χ4v) is 2.66. The molecule has 5 nitrogen and oxygen atoms in total. The fourth-order valence-electron chi connectivity index (χ4n) is 2.66. The molecule has 0 spiro atoms. The lowest BCUT2D eigenvalue weighted by Gasteiger charge is -2.09. The van der Waals surface area contributed by atoms with E-state index >= 15 is 0 Å². The molecule has 3 rings (SSSR count). The number of nitrogens with zero attached hydrogens (tertiary/aromatic N) is 4. The second-order valence-electron chi connectivity index (χ2n) is 6.26. The van der Waals surface area contributed by atoms with E-state index in [2.05, 4.69) is 10.2 Å². The van der Waals surface area contributed by atoms with Crippen LogP contribution in [0.2, 0.25) is 0 Å². The van der Waals surface area contributed by atoms with Crippen molar-refractivity contribution in [2.45, 2.75) is 32.4 Å². The molecule has 2 N–H and O–H groups in total. The van der Waals surface area contributed by atoms with E-state index < -0.39 is 30.3 Å². The number of nitrogen functional groups attached to an aromatic ring is 1. The van der Waals surface area contributed by atoms with Crippen LogP contribution in [0.5, 0.6) is 0 Å². The van der Waals surface area contributed by atoms with E-state index in [-0.39, 0.29) is 16.4 Å². The molecule has 150 valence electrons. The van der Waals surface area contributed by atoms with Gasteiger partial charge in [0.25, 0.3) is 0 Å². The van der Waals surface area contributed by atoms with Crippen LogP contribution in [0.25, 0.3) is 0 Å². The molecule has 0 aliphatic rings. The van der Waals surface area contributed by atoms with E-state index in [1.54, 1.807) is 12.1 Å². The monoisotopic (exact) mass is 403 g/mol. The molecule has 1 aromatic carbocycles. The summed E-state index contributed by atoms with van der Waals surface area (Å²) in [5, 5.41) is 7.19. The summed E-state index contributed by atoms with van der Waals surface area (Å²) in [7, 11) is 0. The maximum Gasteiger partial charge on any atom is 0.435 e. The first-order chi connectivity index (χ1) is 12.9. The average Bonchev–Trinajstić information content (AvgIpc) is 3.18. The van der Waals surface area contributed by atoms with Gasteiger partial charge in [-0.25, -0.2) is 0 Å². The molecular formula is C17H15F6N5. The van der Waals surface area contributed by atoms with E-state index in [1.165, 1.54) is 16.9 Å². The molecule has 0 atom stereocenters. The van der Waals surface area contributed by atoms with Gasteiger partial charge in [0.1, 0.15) is 5.69 Å². The summed E-state index contributed by atoms with van der Waals surface area (Å²) in [5.41, 5.74) is 5.19. The molecule has 0 fully saturated rings. The number of anilines is 1. The average molecular weight is 403 g/mol. The Bertz CT molecular complexity index is 983. The van der Waals surface area contributed by atoms with Crippen molar-refractivity contribution in [3.63, 3.8) is 0 Å². The minimum Gasteiger partial charge on any atom is -0.399 e. The number of nitrogens with two attached hydrogens (primary N) is 1. The molecule has 0 saturated carbocycles. The van der Waals surface area contributed by atoms with Gasteiger partial charge < -0.3 is 5.73 Å². The molecule has 2 aromatic heterocycles. The number of halogens is 6. The van der Waals surface area contributed by atoms with Crippen LogP contribution in [0, 0.1) is 6.92 Å². The Hall–Kier alpha value is -2.98. The van der Waals surface area contributed by atoms with Crippen LogP contribution in [0.1, 0.15) is 28.2 Å². The Morgan fingerprint density at radius 1 is 0.929 bits per heavy atom. The topological polar surface area (TPSA) is 61.7 Å². The van der Waals surface area contributed by atoms with Crippen LogP contribution in [0.4, 0.5) is 32.0 Å². The summed E-state index contributed by atoms with van der Waals surface area (Å²) >= 11 is 0. The van der Waals surface area contributed by atoms with E-state index in [9.17, 15) is 26.3 Å². The van der Waals surface area contributed by atoms with Crippen molar-refractivity contribution in [3.8, 4) is 0 Å². The summed E-state index contributed by atoms with van der Waals surface area (Å²) in [5.74, 6) is 0. The molecule has 0 saturated heterocycles. The molecule has 28 heavy (non-hydrogen) atoms. The number of benzene rings is 1. The van der Waals surface area contributed by atoms with Gasteiger partial charge in [-0.3, -0.25) is 9.36 Å². The molecular weight excluding hydrogens is 388 g/mol. The maximum atomic E-state index is 13.1. The fraction of sp³-hybridized carbons (Fsp3) is 0.294. The SMILES string of the molecule is Cc1cc(Cn2ccc(Cn3nc(C(F)(F)F)cc3C(F)(F)F)n2)ccc1N. The van der Waals surface area contributed by atoms with E-state index in [0.29, 0.717) is 12.2 Å². The summed E-state index contributed by atoms with van der Waals surface area (Å²) in [6.07, 6.45) is -8.42. The highest BCUT2D eigenvalue weighted by molar-refractivity contribution is 5.47. The minimum atomic E-state index is -4.97. The third-order valence-corrected chi connectivity index (χ3v) is 4.05. The van der Waals surface area contributed by atoms with Gasteiger partial charge in [-0.1, -0.05) is 12.1 Å². The van der Waals surface area contributed by atoms with Gasteiger partial charge in [0.2, 0.25) is 0 Å². The number of aryl methyl sites for hydroxylation is 1. The van der Waals surface area contributed by atoms with Gasteiger partial charge in [0, 0.05) is 18.0 Å². The zero-order chi connectivity index (χ0) is 20.7. The Balaban J connectivity index is 1.83. The van der Waals surface area contributed by atoms with Crippen LogP contribution in [0.15, 0.2) is 36.5 Å². The van der Waals surface area contributed by atoms with Gasteiger partial charge in [-0.15, -0.1) is 0 Å². The van der Waals surface area contributed by atoms with Gasteiger partial charge in [-0.05, 0) is 30.2 Å². The third-order valence-electron chi connectivity index (χ3n) is 4.05. The number of hydrogen-bond donors (Lipinski definition) is 1. The molecule has 0 aliphatic heterocycles. The van der Waals surface area contributed by atoms with Crippen LogP contribution in [-0.4, -0.2) is 19.6 Å². The molecule has 0 radical (unpaired) electrons. The Kier molecular flexibility index (Phi) is 4.86. The molecule has 2 heterocycles. The second-order valence-corrected chi connectivity index (χ2v) is 6.26. The van der Waals surface area contributed by atoms with Crippen molar-refractivity contribution in [2.75, 3.05) is 5.73 Å². The lowest BCUT2D eigenvalue weighted by molar-refractivity contribution is -0.144. The van der Waals surface area contributed by atoms with Crippen molar-refractivity contribution in [3.05, 3.63) is 64.7 Å². The second kappa shape index (κ2) is 6.88. The smallest absolute Gasteiger partial charge is 0.399 e. The first-order valence-electron chi connectivity index (χ1n) is 8.03. The summed E-state index contributed by atoms with van der Waals surface area (Å²) in [6.45, 7) is 1.63. The maximum absolute atomic E-state index is 13.1. The largest absolute Gasteiger partial charge is 0.435 e. The normalized spacial score (nSPS) is 12.5. The molecule has 0 amide bonds. The first-order valence-corrected chi connectivity index (χ1v) is 8.03. The molecule has 3 aromatic rings. The van der Waals surface area contributed by atoms with Crippen molar-refractivity contribution in [1.82, 2.24) is 19.6 Å². The van der Waals surface area contributed by atoms with E-state index in [4.69, 9.17) is 5.73 Å². The Morgan fingerprint density at radius 2 is 1.64 bits per heavy atom. The van der Waals surface area contributed by atoms with E-state index in [0.717, 1.165) is 11.1 Å². The van der Waals surface area contributed by atoms with Crippen molar-refractivity contribution in [2.24, 2.45) is 0 Å². The zero-order valence-electron chi connectivity index (χ0n) is 14.5. The number of rotatable bonds is 4. The molecule has 0 bridgehead atoms. The highest BCUT2D eigenvalue weighted by Gasteiger charge is 2.41. The van der Waals surface area contributed by atoms with Crippen molar-refractivity contribution in [1.29, 1.82) is 0 Å². The molecule has 0 aliphatic carbocycles. The lowest BCUT2D eigenvalue weighted by atomic mass is 10.1. The minimum absolute atomic E-state index is 0.00581. The number of alkyl halides is 6. The predicted octanol–water partition coefficient (Wildman–Crippen LogP) is 4.10. The van der Waals surface area contributed by atoms with Gasteiger partial charge in [0.05, 0.1) is 18.8 Å². The Labute approximate surface area is 155 Å². The van der Waals surface area contributed by atoms with Gasteiger partial charge in [0.15, 0.2) is 5.69 Å². The summed E-state index contributed by atoms with van der Waals surface area (Å²) in [4.78, 5) is 0. The quantitative estimate of drug-likeness (QED) is 0.527.